The Morgan fingerprint density at radius 3 is 2.88 bits per heavy atom. The molecule has 0 unspecified atom stereocenters. The summed E-state index contributed by atoms with van der Waals surface area (Å²) < 4.78 is 6.67. The van der Waals surface area contributed by atoms with Crippen molar-refractivity contribution in [2.45, 2.75) is 27.2 Å². The molecule has 3 aromatic rings. The summed E-state index contributed by atoms with van der Waals surface area (Å²) in [6.07, 6.45) is 0.931. The van der Waals surface area contributed by atoms with Crippen molar-refractivity contribution in [3.05, 3.63) is 53.1 Å². The molecule has 1 amide bonds. The fourth-order valence-electron chi connectivity index (χ4n) is 2.54. The normalized spacial score (nSPS) is 10.8. The van der Waals surface area contributed by atoms with E-state index < -0.39 is 0 Å². The summed E-state index contributed by atoms with van der Waals surface area (Å²) >= 11 is 1.49. The summed E-state index contributed by atoms with van der Waals surface area (Å²) in [6.45, 7) is 6.79. The quantitative estimate of drug-likeness (QED) is 0.714. The molecule has 0 spiro atoms. The lowest BCUT2D eigenvalue weighted by Crippen LogP contribution is -2.11. The maximum atomic E-state index is 12.5. The summed E-state index contributed by atoms with van der Waals surface area (Å²) in [5, 5.41) is 3.50. The number of amides is 1. The molecule has 3 rings (SSSR count). The number of anilines is 1. The SMILES string of the molecule is CCCOc1cccc(C(=O)Nc2nc3c(C)cc(C)cc3s2)c1. The molecule has 1 N–H and O–H groups in total. The van der Waals surface area contributed by atoms with Gasteiger partial charge in [0.25, 0.3) is 5.91 Å². The number of carbonyl (C=O) groups excluding carboxylic acids is 1. The number of aryl methyl sites for hydroxylation is 2. The molecule has 0 saturated heterocycles. The highest BCUT2D eigenvalue weighted by atomic mass is 32.1. The minimum absolute atomic E-state index is 0.176. The summed E-state index contributed by atoms with van der Waals surface area (Å²) in [5.41, 5.74) is 3.83. The third-order valence-corrected chi connectivity index (χ3v) is 4.54. The number of hydrogen-bond acceptors (Lipinski definition) is 4. The van der Waals surface area contributed by atoms with E-state index in [2.05, 4.69) is 29.4 Å². The first-order chi connectivity index (χ1) is 11.6. The number of carbonyl (C=O) groups is 1. The number of fused-ring (bicyclic) bond motifs is 1. The fraction of sp³-hybridized carbons (Fsp3) is 0.263. The first kappa shape index (κ1) is 16.5. The van der Waals surface area contributed by atoms with Crippen LogP contribution >= 0.6 is 11.3 Å². The molecule has 0 bridgehead atoms. The van der Waals surface area contributed by atoms with Crippen LogP contribution in [0.25, 0.3) is 10.2 Å². The maximum absolute atomic E-state index is 12.5. The van der Waals surface area contributed by atoms with Gasteiger partial charge in [0.15, 0.2) is 5.13 Å². The van der Waals surface area contributed by atoms with Gasteiger partial charge >= 0.3 is 0 Å². The average molecular weight is 340 g/mol. The average Bonchev–Trinajstić information content (AvgIpc) is 2.95. The van der Waals surface area contributed by atoms with Crippen molar-refractivity contribution in [1.82, 2.24) is 4.98 Å². The number of hydrogen-bond donors (Lipinski definition) is 1. The predicted octanol–water partition coefficient (Wildman–Crippen LogP) is 4.95. The fourth-order valence-corrected chi connectivity index (χ4v) is 3.58. The smallest absolute Gasteiger partial charge is 0.257 e. The van der Waals surface area contributed by atoms with Crippen molar-refractivity contribution in [3.8, 4) is 5.75 Å². The van der Waals surface area contributed by atoms with Gasteiger partial charge in [0.05, 0.1) is 16.8 Å². The molecule has 1 heterocycles. The molecule has 2 aromatic carbocycles. The Bertz CT molecular complexity index is 886. The van der Waals surface area contributed by atoms with Gasteiger partial charge in [0, 0.05) is 5.56 Å². The van der Waals surface area contributed by atoms with Crippen LogP contribution < -0.4 is 10.1 Å². The third-order valence-electron chi connectivity index (χ3n) is 3.62. The third kappa shape index (κ3) is 3.57. The Kier molecular flexibility index (Phi) is 4.81. The zero-order valence-electron chi connectivity index (χ0n) is 14.1. The zero-order chi connectivity index (χ0) is 17.1. The van der Waals surface area contributed by atoms with Gasteiger partial charge in [-0.25, -0.2) is 4.98 Å². The summed E-state index contributed by atoms with van der Waals surface area (Å²) in [5.74, 6) is 0.533. The number of nitrogens with one attached hydrogen (secondary N) is 1. The number of thiazole rings is 1. The van der Waals surface area contributed by atoms with Crippen LogP contribution in [-0.2, 0) is 0 Å². The highest BCUT2D eigenvalue weighted by Crippen LogP contribution is 2.29. The maximum Gasteiger partial charge on any atom is 0.257 e. The molecule has 0 atom stereocenters. The molecule has 0 aliphatic heterocycles. The van der Waals surface area contributed by atoms with E-state index in [4.69, 9.17) is 4.74 Å². The molecule has 0 saturated carbocycles. The van der Waals surface area contributed by atoms with E-state index in [1.807, 2.05) is 26.0 Å². The summed E-state index contributed by atoms with van der Waals surface area (Å²) in [7, 11) is 0. The standard InChI is InChI=1S/C19H20N2O2S/c1-4-8-23-15-7-5-6-14(11-15)18(22)21-19-20-17-13(3)9-12(2)10-16(17)24-19/h5-7,9-11H,4,8H2,1-3H3,(H,20,21,22). The lowest BCUT2D eigenvalue weighted by Gasteiger charge is -2.06. The van der Waals surface area contributed by atoms with E-state index in [-0.39, 0.29) is 5.91 Å². The van der Waals surface area contributed by atoms with Gasteiger partial charge < -0.3 is 4.74 Å². The molecule has 5 heteroatoms. The summed E-state index contributed by atoms with van der Waals surface area (Å²) in [6, 6.07) is 11.4. The van der Waals surface area contributed by atoms with Gasteiger partial charge in [0.2, 0.25) is 0 Å². The Morgan fingerprint density at radius 1 is 1.25 bits per heavy atom. The number of benzene rings is 2. The monoisotopic (exact) mass is 340 g/mol. The second kappa shape index (κ2) is 7.01. The number of rotatable bonds is 5. The van der Waals surface area contributed by atoms with Crippen LogP contribution in [0.15, 0.2) is 36.4 Å². The molecule has 0 aliphatic rings. The lowest BCUT2D eigenvalue weighted by molar-refractivity contribution is 0.102. The molecule has 1 aromatic heterocycles. The van der Waals surface area contributed by atoms with E-state index in [1.54, 1.807) is 12.1 Å². The first-order valence-corrected chi connectivity index (χ1v) is 8.80. The topological polar surface area (TPSA) is 51.2 Å². The lowest BCUT2D eigenvalue weighted by atomic mass is 10.1. The van der Waals surface area contributed by atoms with E-state index in [1.165, 1.54) is 16.9 Å². The van der Waals surface area contributed by atoms with E-state index >= 15 is 0 Å². The molecular weight excluding hydrogens is 320 g/mol. The van der Waals surface area contributed by atoms with Gasteiger partial charge in [-0.2, -0.15) is 0 Å². The van der Waals surface area contributed by atoms with E-state index in [0.29, 0.717) is 23.1 Å². The van der Waals surface area contributed by atoms with Crippen LogP contribution in [0.4, 0.5) is 5.13 Å². The molecule has 0 radical (unpaired) electrons. The number of ether oxygens (including phenoxy) is 1. The van der Waals surface area contributed by atoms with E-state index in [0.717, 1.165) is 22.2 Å². The van der Waals surface area contributed by atoms with Gasteiger partial charge in [0.1, 0.15) is 5.75 Å². The largest absolute Gasteiger partial charge is 0.494 e. The van der Waals surface area contributed by atoms with Crippen molar-refractivity contribution >= 4 is 32.6 Å². The van der Waals surface area contributed by atoms with Gasteiger partial charge in [-0.3, -0.25) is 10.1 Å². The van der Waals surface area contributed by atoms with Crippen LogP contribution in [0.1, 0.15) is 34.8 Å². The van der Waals surface area contributed by atoms with Crippen LogP contribution in [0.5, 0.6) is 5.75 Å². The van der Waals surface area contributed by atoms with Crippen molar-refractivity contribution in [3.63, 3.8) is 0 Å². The second-order valence-corrected chi connectivity index (χ2v) is 6.81. The van der Waals surface area contributed by atoms with Crippen molar-refractivity contribution in [2.75, 3.05) is 11.9 Å². The number of nitrogens with zero attached hydrogens (tertiary/aromatic N) is 1. The van der Waals surface area contributed by atoms with Gasteiger partial charge in [-0.05, 0) is 55.7 Å². The van der Waals surface area contributed by atoms with Crippen molar-refractivity contribution in [1.29, 1.82) is 0 Å². The van der Waals surface area contributed by atoms with E-state index in [9.17, 15) is 4.79 Å². The van der Waals surface area contributed by atoms with Crippen LogP contribution in [0, 0.1) is 13.8 Å². The summed E-state index contributed by atoms with van der Waals surface area (Å²) in [4.78, 5) is 17.0. The highest BCUT2D eigenvalue weighted by molar-refractivity contribution is 7.22. The second-order valence-electron chi connectivity index (χ2n) is 5.78. The minimum Gasteiger partial charge on any atom is -0.494 e. The molecule has 124 valence electrons. The Hall–Kier alpha value is -2.40. The Labute approximate surface area is 145 Å². The van der Waals surface area contributed by atoms with Crippen molar-refractivity contribution < 1.29 is 9.53 Å². The van der Waals surface area contributed by atoms with Gasteiger partial charge in [-0.15, -0.1) is 0 Å². The molecule has 24 heavy (non-hydrogen) atoms. The minimum atomic E-state index is -0.176. The Balaban J connectivity index is 1.81. The highest BCUT2D eigenvalue weighted by Gasteiger charge is 2.12. The van der Waals surface area contributed by atoms with Crippen LogP contribution in [0.3, 0.4) is 0 Å². The molecule has 0 aliphatic carbocycles. The van der Waals surface area contributed by atoms with Crippen LogP contribution in [0.2, 0.25) is 0 Å². The molecular formula is C19H20N2O2S. The van der Waals surface area contributed by atoms with Crippen molar-refractivity contribution in [2.24, 2.45) is 0 Å². The van der Waals surface area contributed by atoms with Gasteiger partial charge in [-0.1, -0.05) is 30.4 Å². The Morgan fingerprint density at radius 2 is 2.08 bits per heavy atom. The zero-order valence-corrected chi connectivity index (χ0v) is 14.9. The number of aromatic nitrogens is 1. The predicted molar refractivity (Wildman–Crippen MR) is 99.3 cm³/mol. The first-order valence-electron chi connectivity index (χ1n) is 7.99. The molecule has 4 nitrogen and oxygen atoms in total. The molecule has 0 fully saturated rings. The van der Waals surface area contributed by atoms with Crippen LogP contribution in [-0.4, -0.2) is 17.5 Å².